The van der Waals surface area contributed by atoms with Gasteiger partial charge in [0.1, 0.15) is 12.4 Å². The van der Waals surface area contributed by atoms with E-state index in [1.54, 1.807) is 0 Å². The van der Waals surface area contributed by atoms with Crippen LogP contribution >= 0.6 is 0 Å². The molecule has 100 valence electrons. The zero-order chi connectivity index (χ0) is 12.8. The quantitative estimate of drug-likeness (QED) is 0.857. The van der Waals surface area contributed by atoms with Crippen molar-refractivity contribution >= 4 is 0 Å². The Morgan fingerprint density at radius 1 is 1.17 bits per heavy atom. The fraction of sp³-hybridized carbons (Fsp3) is 0.625. The van der Waals surface area contributed by atoms with Gasteiger partial charge in [0, 0.05) is 12.1 Å². The highest BCUT2D eigenvalue weighted by molar-refractivity contribution is 5.26. The van der Waals surface area contributed by atoms with Crippen LogP contribution < -0.4 is 10.1 Å². The van der Waals surface area contributed by atoms with Crippen LogP contribution in [-0.4, -0.2) is 18.7 Å². The largest absolute Gasteiger partial charge is 0.492 e. The van der Waals surface area contributed by atoms with E-state index in [9.17, 15) is 0 Å². The lowest BCUT2D eigenvalue weighted by atomic mass is 9.95. The molecule has 18 heavy (non-hydrogen) atoms. The molecule has 0 aliphatic heterocycles. The first-order chi connectivity index (χ1) is 8.74. The number of hydrogen-bond acceptors (Lipinski definition) is 2. The van der Waals surface area contributed by atoms with Crippen LogP contribution in [-0.2, 0) is 0 Å². The second-order valence-corrected chi connectivity index (χ2v) is 5.53. The smallest absolute Gasteiger partial charge is 0.119 e. The highest BCUT2D eigenvalue weighted by atomic mass is 16.5. The first-order valence-corrected chi connectivity index (χ1v) is 7.19. The Kier molecular flexibility index (Phi) is 5.06. The zero-order valence-corrected chi connectivity index (χ0v) is 11.6. The van der Waals surface area contributed by atoms with Gasteiger partial charge in [0.15, 0.2) is 0 Å². The van der Waals surface area contributed by atoms with Crippen LogP contribution in [0.5, 0.6) is 5.75 Å². The van der Waals surface area contributed by atoms with Crippen LogP contribution in [0.15, 0.2) is 24.3 Å². The summed E-state index contributed by atoms with van der Waals surface area (Å²) < 4.78 is 5.80. The maximum Gasteiger partial charge on any atom is 0.119 e. The number of aryl methyl sites for hydroxylation is 1. The van der Waals surface area contributed by atoms with E-state index in [4.69, 9.17) is 4.74 Å². The molecule has 0 spiro atoms. The maximum absolute atomic E-state index is 5.80. The van der Waals surface area contributed by atoms with Crippen LogP contribution in [0.1, 0.15) is 44.6 Å². The molecule has 0 aromatic heterocycles. The Bertz CT molecular complexity index is 341. The normalized spacial score (nSPS) is 18.6. The van der Waals surface area contributed by atoms with Crippen molar-refractivity contribution in [3.05, 3.63) is 29.8 Å². The minimum absolute atomic E-state index is 0.425. The first kappa shape index (κ1) is 13.4. The molecule has 1 atom stereocenters. The predicted molar refractivity (Wildman–Crippen MR) is 76.1 cm³/mol. The summed E-state index contributed by atoms with van der Waals surface area (Å²) in [4.78, 5) is 0. The van der Waals surface area contributed by atoms with Crippen LogP contribution in [0.2, 0.25) is 0 Å². The van der Waals surface area contributed by atoms with Gasteiger partial charge >= 0.3 is 0 Å². The molecule has 1 unspecified atom stereocenters. The lowest BCUT2D eigenvalue weighted by Gasteiger charge is -2.26. The fourth-order valence-corrected chi connectivity index (χ4v) is 2.58. The van der Waals surface area contributed by atoms with Crippen molar-refractivity contribution < 1.29 is 4.74 Å². The van der Waals surface area contributed by atoms with E-state index in [0.29, 0.717) is 12.1 Å². The number of hydrogen-bond donors (Lipinski definition) is 1. The van der Waals surface area contributed by atoms with Crippen molar-refractivity contribution in [3.8, 4) is 5.75 Å². The third-order valence-corrected chi connectivity index (χ3v) is 3.65. The van der Waals surface area contributed by atoms with Gasteiger partial charge in [-0.2, -0.15) is 0 Å². The molecular weight excluding hydrogens is 222 g/mol. The maximum atomic E-state index is 5.80. The van der Waals surface area contributed by atoms with Crippen molar-refractivity contribution in [2.75, 3.05) is 6.61 Å². The highest BCUT2D eigenvalue weighted by Gasteiger charge is 2.15. The lowest BCUT2D eigenvalue weighted by molar-refractivity contribution is 0.245. The van der Waals surface area contributed by atoms with Gasteiger partial charge in [0.25, 0.3) is 0 Å². The van der Waals surface area contributed by atoms with Crippen molar-refractivity contribution in [1.29, 1.82) is 0 Å². The standard InChI is InChI=1S/C16H25NO/c1-13-8-10-16(11-9-13)18-12-14(2)17-15-6-4-3-5-7-15/h8-11,14-15,17H,3-7,12H2,1-2H3. The minimum Gasteiger partial charge on any atom is -0.492 e. The summed E-state index contributed by atoms with van der Waals surface area (Å²) in [6.45, 7) is 5.05. The Morgan fingerprint density at radius 2 is 1.83 bits per heavy atom. The molecule has 0 heterocycles. The van der Waals surface area contributed by atoms with Crippen molar-refractivity contribution in [1.82, 2.24) is 5.32 Å². The molecule has 1 aliphatic carbocycles. The van der Waals surface area contributed by atoms with E-state index < -0.39 is 0 Å². The molecular formula is C16H25NO. The molecule has 1 fully saturated rings. The highest BCUT2D eigenvalue weighted by Crippen LogP contribution is 2.18. The lowest BCUT2D eigenvalue weighted by Crippen LogP contribution is -2.40. The molecule has 2 nitrogen and oxygen atoms in total. The summed E-state index contributed by atoms with van der Waals surface area (Å²) in [5.41, 5.74) is 1.27. The van der Waals surface area contributed by atoms with Gasteiger partial charge in [-0.05, 0) is 38.8 Å². The zero-order valence-electron chi connectivity index (χ0n) is 11.6. The van der Waals surface area contributed by atoms with E-state index in [1.807, 2.05) is 12.1 Å². The van der Waals surface area contributed by atoms with Crippen LogP contribution in [0.25, 0.3) is 0 Å². The second-order valence-electron chi connectivity index (χ2n) is 5.53. The summed E-state index contributed by atoms with van der Waals surface area (Å²) >= 11 is 0. The van der Waals surface area contributed by atoms with E-state index in [-0.39, 0.29) is 0 Å². The topological polar surface area (TPSA) is 21.3 Å². The summed E-state index contributed by atoms with van der Waals surface area (Å²) in [6, 6.07) is 9.40. The van der Waals surface area contributed by atoms with E-state index in [1.165, 1.54) is 37.7 Å². The Labute approximate surface area is 111 Å². The fourth-order valence-electron chi connectivity index (χ4n) is 2.58. The molecule has 1 saturated carbocycles. The van der Waals surface area contributed by atoms with Gasteiger partial charge < -0.3 is 10.1 Å². The molecule has 2 rings (SSSR count). The van der Waals surface area contributed by atoms with Crippen LogP contribution in [0.3, 0.4) is 0 Å². The van der Waals surface area contributed by atoms with Gasteiger partial charge in [0.2, 0.25) is 0 Å². The second kappa shape index (κ2) is 6.79. The van der Waals surface area contributed by atoms with Gasteiger partial charge in [-0.1, -0.05) is 37.0 Å². The first-order valence-electron chi connectivity index (χ1n) is 7.19. The molecule has 1 N–H and O–H groups in total. The van der Waals surface area contributed by atoms with Gasteiger partial charge in [-0.3, -0.25) is 0 Å². The number of ether oxygens (including phenoxy) is 1. The Hall–Kier alpha value is -1.02. The summed E-state index contributed by atoms with van der Waals surface area (Å²) in [6.07, 6.45) is 6.82. The molecule has 0 amide bonds. The molecule has 1 aromatic carbocycles. The van der Waals surface area contributed by atoms with Gasteiger partial charge in [-0.15, -0.1) is 0 Å². The molecule has 0 bridgehead atoms. The minimum atomic E-state index is 0.425. The van der Waals surface area contributed by atoms with Crippen LogP contribution in [0.4, 0.5) is 0 Å². The summed E-state index contributed by atoms with van der Waals surface area (Å²) in [5, 5.41) is 3.68. The number of rotatable bonds is 5. The summed E-state index contributed by atoms with van der Waals surface area (Å²) in [7, 11) is 0. The van der Waals surface area contributed by atoms with E-state index in [2.05, 4.69) is 31.3 Å². The summed E-state index contributed by atoms with van der Waals surface area (Å²) in [5.74, 6) is 0.970. The average Bonchev–Trinajstić information content (AvgIpc) is 2.39. The molecule has 1 aromatic rings. The van der Waals surface area contributed by atoms with Crippen LogP contribution in [0, 0.1) is 6.92 Å². The molecule has 0 saturated heterocycles. The molecule has 2 heteroatoms. The van der Waals surface area contributed by atoms with Gasteiger partial charge in [0.05, 0.1) is 0 Å². The Morgan fingerprint density at radius 3 is 2.50 bits per heavy atom. The average molecular weight is 247 g/mol. The predicted octanol–water partition coefficient (Wildman–Crippen LogP) is 3.68. The number of benzene rings is 1. The number of nitrogens with one attached hydrogen (secondary N) is 1. The van der Waals surface area contributed by atoms with Gasteiger partial charge in [-0.25, -0.2) is 0 Å². The van der Waals surface area contributed by atoms with Crippen molar-refractivity contribution in [2.24, 2.45) is 0 Å². The van der Waals surface area contributed by atoms with Crippen molar-refractivity contribution in [3.63, 3.8) is 0 Å². The van der Waals surface area contributed by atoms with Crippen molar-refractivity contribution in [2.45, 2.75) is 58.0 Å². The third-order valence-electron chi connectivity index (χ3n) is 3.65. The molecule has 1 aliphatic rings. The van der Waals surface area contributed by atoms with E-state index in [0.717, 1.165) is 12.4 Å². The molecule has 0 radical (unpaired) electrons. The Balaban J connectivity index is 1.70. The monoisotopic (exact) mass is 247 g/mol. The SMILES string of the molecule is Cc1ccc(OCC(C)NC2CCCCC2)cc1. The third kappa shape index (κ3) is 4.34. The van der Waals surface area contributed by atoms with E-state index >= 15 is 0 Å².